The minimum Gasteiger partial charge on any atom is -0.298 e. The van der Waals surface area contributed by atoms with Crippen molar-refractivity contribution in [2.75, 3.05) is 5.88 Å². The molecule has 0 amide bonds. The van der Waals surface area contributed by atoms with E-state index in [4.69, 9.17) is 11.6 Å². The van der Waals surface area contributed by atoms with Gasteiger partial charge in [0.2, 0.25) is 0 Å². The molecule has 0 bridgehead atoms. The van der Waals surface area contributed by atoms with E-state index in [1.807, 2.05) is 0 Å². The average Bonchev–Trinajstić information content (AvgIpc) is 2.25. The van der Waals surface area contributed by atoms with Gasteiger partial charge in [0.25, 0.3) is 0 Å². The highest BCUT2D eigenvalue weighted by atomic mass is 35.5. The van der Waals surface area contributed by atoms with Gasteiger partial charge < -0.3 is 0 Å². The maximum absolute atomic E-state index is 11.4. The first-order valence-corrected chi connectivity index (χ1v) is 6.24. The molecule has 86 valence electrons. The highest BCUT2D eigenvalue weighted by Gasteiger charge is 2.44. The molecule has 16 heavy (non-hydrogen) atoms. The van der Waals surface area contributed by atoms with E-state index in [1.165, 1.54) is 11.1 Å². The molecule has 1 aliphatic rings. The van der Waals surface area contributed by atoms with Crippen LogP contribution in [0.4, 0.5) is 0 Å². The third-order valence-electron chi connectivity index (χ3n) is 3.73. The van der Waals surface area contributed by atoms with E-state index in [-0.39, 0.29) is 23.0 Å². The van der Waals surface area contributed by atoms with Crippen molar-refractivity contribution in [3.05, 3.63) is 35.4 Å². The van der Waals surface area contributed by atoms with Gasteiger partial charge in [0.15, 0.2) is 5.78 Å². The molecule has 0 N–H and O–H groups in total. The Morgan fingerprint density at radius 2 is 1.94 bits per heavy atom. The van der Waals surface area contributed by atoms with Crippen molar-refractivity contribution >= 4 is 17.4 Å². The maximum Gasteiger partial charge on any atom is 0.150 e. The van der Waals surface area contributed by atoms with Crippen molar-refractivity contribution < 1.29 is 4.79 Å². The fourth-order valence-corrected chi connectivity index (χ4v) is 2.77. The Labute approximate surface area is 102 Å². The lowest BCUT2D eigenvalue weighted by molar-refractivity contribution is -0.124. The first-order valence-electron chi connectivity index (χ1n) is 5.71. The van der Waals surface area contributed by atoms with Gasteiger partial charge in [0, 0.05) is 5.92 Å². The Morgan fingerprint density at radius 1 is 1.38 bits per heavy atom. The summed E-state index contributed by atoms with van der Waals surface area (Å²) in [6.45, 7) is 4.32. The summed E-state index contributed by atoms with van der Waals surface area (Å²) < 4.78 is 0. The van der Waals surface area contributed by atoms with Crippen molar-refractivity contribution in [3.8, 4) is 0 Å². The standard InChI is InChI=1S/C14H17ClO/c1-10-3-5-12(6-4-10)14(2)7-11(8-14)13(16)9-15/h3-6,11H,7-9H2,1-2H3. The van der Waals surface area contributed by atoms with Crippen LogP contribution in [0.2, 0.25) is 0 Å². The monoisotopic (exact) mass is 236 g/mol. The molecule has 0 aromatic heterocycles. The number of aryl methyl sites for hydroxylation is 1. The largest absolute Gasteiger partial charge is 0.298 e. The van der Waals surface area contributed by atoms with Crippen LogP contribution in [-0.2, 0) is 10.2 Å². The molecule has 0 atom stereocenters. The minimum absolute atomic E-state index is 0.161. The van der Waals surface area contributed by atoms with Gasteiger partial charge in [-0.25, -0.2) is 0 Å². The zero-order chi connectivity index (χ0) is 11.8. The number of hydrogen-bond acceptors (Lipinski definition) is 1. The minimum atomic E-state index is 0.161. The molecule has 1 aromatic rings. The lowest BCUT2D eigenvalue weighted by atomic mass is 9.59. The van der Waals surface area contributed by atoms with Crippen LogP contribution in [0.1, 0.15) is 30.9 Å². The summed E-state index contributed by atoms with van der Waals surface area (Å²) in [5.41, 5.74) is 2.80. The fraction of sp³-hybridized carbons (Fsp3) is 0.500. The summed E-state index contributed by atoms with van der Waals surface area (Å²) in [7, 11) is 0. The van der Waals surface area contributed by atoms with Gasteiger partial charge in [-0.15, -0.1) is 11.6 Å². The molecule has 1 aromatic carbocycles. The van der Waals surface area contributed by atoms with Gasteiger partial charge in [-0.2, -0.15) is 0 Å². The number of benzene rings is 1. The van der Waals surface area contributed by atoms with E-state index >= 15 is 0 Å². The van der Waals surface area contributed by atoms with Crippen molar-refractivity contribution in [3.63, 3.8) is 0 Å². The number of carbonyl (C=O) groups is 1. The van der Waals surface area contributed by atoms with Crippen LogP contribution in [0.25, 0.3) is 0 Å². The third kappa shape index (κ3) is 2.01. The zero-order valence-electron chi connectivity index (χ0n) is 9.79. The van der Waals surface area contributed by atoms with Crippen molar-refractivity contribution in [2.24, 2.45) is 5.92 Å². The van der Waals surface area contributed by atoms with E-state index in [0.29, 0.717) is 0 Å². The molecule has 2 rings (SSSR count). The Kier molecular flexibility index (Phi) is 3.07. The molecular weight excluding hydrogens is 220 g/mol. The molecule has 1 nitrogen and oxygen atoms in total. The second kappa shape index (κ2) is 4.21. The van der Waals surface area contributed by atoms with Crippen LogP contribution in [0.15, 0.2) is 24.3 Å². The number of hydrogen-bond donors (Lipinski definition) is 0. The van der Waals surface area contributed by atoms with Gasteiger partial charge in [-0.1, -0.05) is 36.8 Å². The maximum atomic E-state index is 11.4. The third-order valence-corrected chi connectivity index (χ3v) is 3.99. The fourth-order valence-electron chi connectivity index (χ4n) is 2.56. The number of ketones is 1. The van der Waals surface area contributed by atoms with Crippen LogP contribution in [0.3, 0.4) is 0 Å². The normalized spacial score (nSPS) is 28.6. The Morgan fingerprint density at radius 3 is 2.44 bits per heavy atom. The lowest BCUT2D eigenvalue weighted by Gasteiger charge is -2.45. The quantitative estimate of drug-likeness (QED) is 0.735. The molecule has 0 radical (unpaired) electrons. The second-order valence-corrected chi connectivity index (χ2v) is 5.40. The van der Waals surface area contributed by atoms with E-state index in [0.717, 1.165) is 12.8 Å². The SMILES string of the molecule is Cc1ccc(C2(C)CC(C(=O)CCl)C2)cc1. The first-order chi connectivity index (χ1) is 7.55. The summed E-state index contributed by atoms with van der Waals surface area (Å²) in [6.07, 6.45) is 1.89. The van der Waals surface area contributed by atoms with Crippen LogP contribution >= 0.6 is 11.6 Å². The van der Waals surface area contributed by atoms with Crippen LogP contribution in [0.5, 0.6) is 0 Å². The molecule has 0 saturated heterocycles. The molecule has 1 fully saturated rings. The number of Topliss-reactive ketones (excluding diaryl/α,β-unsaturated/α-hetero) is 1. The lowest BCUT2D eigenvalue weighted by Crippen LogP contribution is -2.42. The first kappa shape index (κ1) is 11.7. The van der Waals surface area contributed by atoms with Crippen LogP contribution in [-0.4, -0.2) is 11.7 Å². The van der Waals surface area contributed by atoms with Crippen molar-refractivity contribution in [1.82, 2.24) is 0 Å². The highest BCUT2D eigenvalue weighted by Crippen LogP contribution is 2.47. The predicted octanol–water partition coefficient (Wildman–Crippen LogP) is 3.47. The number of carbonyl (C=O) groups excluding carboxylic acids is 1. The molecule has 1 aliphatic carbocycles. The summed E-state index contributed by atoms with van der Waals surface area (Å²) in [6, 6.07) is 8.63. The molecule has 0 unspecified atom stereocenters. The van der Waals surface area contributed by atoms with E-state index < -0.39 is 0 Å². The number of halogens is 1. The van der Waals surface area contributed by atoms with Crippen molar-refractivity contribution in [1.29, 1.82) is 0 Å². The summed E-state index contributed by atoms with van der Waals surface area (Å²) in [5, 5.41) is 0. The van der Waals surface area contributed by atoms with Crippen LogP contribution < -0.4 is 0 Å². The van der Waals surface area contributed by atoms with Gasteiger partial charge in [0.1, 0.15) is 0 Å². The molecule has 2 heteroatoms. The molecule has 1 saturated carbocycles. The van der Waals surface area contributed by atoms with E-state index in [1.54, 1.807) is 0 Å². The van der Waals surface area contributed by atoms with E-state index in [2.05, 4.69) is 38.1 Å². The Hall–Kier alpha value is -0.820. The molecule has 0 heterocycles. The Bertz CT molecular complexity index is 388. The summed E-state index contributed by atoms with van der Waals surface area (Å²) in [5.74, 6) is 0.546. The summed E-state index contributed by atoms with van der Waals surface area (Å²) in [4.78, 5) is 11.4. The molecular formula is C14H17ClO. The number of alkyl halides is 1. The average molecular weight is 237 g/mol. The smallest absolute Gasteiger partial charge is 0.150 e. The molecule has 0 aliphatic heterocycles. The highest BCUT2D eigenvalue weighted by molar-refractivity contribution is 6.28. The van der Waals surface area contributed by atoms with E-state index in [9.17, 15) is 4.79 Å². The number of rotatable bonds is 3. The topological polar surface area (TPSA) is 17.1 Å². The van der Waals surface area contributed by atoms with Gasteiger partial charge in [0.05, 0.1) is 5.88 Å². The van der Waals surface area contributed by atoms with Gasteiger partial charge in [-0.05, 0) is 30.7 Å². The van der Waals surface area contributed by atoms with Crippen LogP contribution in [0, 0.1) is 12.8 Å². The predicted molar refractivity (Wildman–Crippen MR) is 67.0 cm³/mol. The molecule has 0 spiro atoms. The second-order valence-electron chi connectivity index (χ2n) is 5.13. The summed E-state index contributed by atoms with van der Waals surface area (Å²) >= 11 is 5.57. The Balaban J connectivity index is 2.07. The van der Waals surface area contributed by atoms with Crippen molar-refractivity contribution in [2.45, 2.75) is 32.1 Å². The zero-order valence-corrected chi connectivity index (χ0v) is 10.6. The van der Waals surface area contributed by atoms with Gasteiger partial charge in [-0.3, -0.25) is 4.79 Å². The van der Waals surface area contributed by atoms with Gasteiger partial charge >= 0.3 is 0 Å².